The van der Waals surface area contributed by atoms with E-state index in [1.54, 1.807) is 32.4 Å². The molecule has 9 heteroatoms. The number of rotatable bonds is 9. The molecule has 0 saturated carbocycles. The van der Waals surface area contributed by atoms with E-state index in [2.05, 4.69) is 20.7 Å². The van der Waals surface area contributed by atoms with Crippen molar-refractivity contribution >= 4 is 23.9 Å². The van der Waals surface area contributed by atoms with Gasteiger partial charge >= 0.3 is 0 Å². The molecule has 0 spiro atoms. The van der Waals surface area contributed by atoms with Crippen molar-refractivity contribution < 1.29 is 14.3 Å². The summed E-state index contributed by atoms with van der Waals surface area (Å²) < 4.78 is 12.5. The zero-order valence-electron chi connectivity index (χ0n) is 19.6. The van der Waals surface area contributed by atoms with Crippen LogP contribution in [0.15, 0.2) is 83.1 Å². The fourth-order valence-electron chi connectivity index (χ4n) is 3.32. The maximum atomic E-state index is 12.5. The Morgan fingerprint density at radius 1 is 1.03 bits per heavy atom. The van der Waals surface area contributed by atoms with Gasteiger partial charge in [0.2, 0.25) is 0 Å². The van der Waals surface area contributed by atoms with Crippen LogP contribution >= 0.6 is 11.8 Å². The summed E-state index contributed by atoms with van der Waals surface area (Å²) in [5, 5.41) is 13.4. The quantitative estimate of drug-likeness (QED) is 0.212. The minimum Gasteiger partial charge on any atom is -0.497 e. The van der Waals surface area contributed by atoms with Crippen LogP contribution in [0.2, 0.25) is 0 Å². The molecule has 3 aromatic carbocycles. The maximum absolute atomic E-state index is 12.5. The van der Waals surface area contributed by atoms with Gasteiger partial charge in [0.15, 0.2) is 11.0 Å². The first-order chi connectivity index (χ1) is 17.1. The van der Waals surface area contributed by atoms with Gasteiger partial charge in [-0.1, -0.05) is 59.8 Å². The summed E-state index contributed by atoms with van der Waals surface area (Å²) in [5.41, 5.74) is 6.29. The lowest BCUT2D eigenvalue weighted by atomic mass is 10.1. The zero-order valence-corrected chi connectivity index (χ0v) is 20.5. The van der Waals surface area contributed by atoms with Gasteiger partial charge in [0, 0.05) is 22.9 Å². The molecule has 0 unspecified atom stereocenters. The highest BCUT2D eigenvalue weighted by Crippen LogP contribution is 2.28. The number of benzene rings is 3. The number of para-hydroxylation sites is 1. The molecule has 4 rings (SSSR count). The number of aryl methyl sites for hydroxylation is 1. The number of thioether (sulfide) groups is 1. The van der Waals surface area contributed by atoms with E-state index in [9.17, 15) is 4.79 Å². The Kier molecular flexibility index (Phi) is 7.79. The molecule has 0 aliphatic rings. The van der Waals surface area contributed by atoms with Crippen LogP contribution in [0.1, 0.15) is 11.1 Å². The van der Waals surface area contributed by atoms with Gasteiger partial charge in [0.1, 0.15) is 11.5 Å². The second kappa shape index (κ2) is 11.3. The molecule has 0 atom stereocenters. The normalized spacial score (nSPS) is 10.9. The van der Waals surface area contributed by atoms with Crippen molar-refractivity contribution in [1.29, 1.82) is 0 Å². The number of hydrogen-bond acceptors (Lipinski definition) is 7. The minimum absolute atomic E-state index is 0.121. The van der Waals surface area contributed by atoms with Gasteiger partial charge in [-0.05, 0) is 31.2 Å². The van der Waals surface area contributed by atoms with Gasteiger partial charge < -0.3 is 9.47 Å². The summed E-state index contributed by atoms with van der Waals surface area (Å²) in [6.07, 6.45) is 1.53. The molecule has 4 aromatic rings. The number of methoxy groups -OCH3 is 2. The number of carbonyl (C=O) groups is 1. The van der Waals surface area contributed by atoms with Gasteiger partial charge in [-0.3, -0.25) is 9.36 Å². The molecule has 1 heterocycles. The highest BCUT2D eigenvalue weighted by Gasteiger charge is 2.17. The van der Waals surface area contributed by atoms with Crippen LogP contribution in [0.3, 0.4) is 0 Å². The minimum atomic E-state index is -0.266. The summed E-state index contributed by atoms with van der Waals surface area (Å²) in [4.78, 5) is 12.5. The van der Waals surface area contributed by atoms with Crippen molar-refractivity contribution in [2.24, 2.45) is 5.10 Å². The Hall–Kier alpha value is -4.11. The van der Waals surface area contributed by atoms with E-state index in [1.165, 1.54) is 23.5 Å². The number of amides is 1. The topological polar surface area (TPSA) is 90.6 Å². The third-order valence-corrected chi connectivity index (χ3v) is 6.05. The molecule has 8 nitrogen and oxygen atoms in total. The van der Waals surface area contributed by atoms with Crippen molar-refractivity contribution in [3.63, 3.8) is 0 Å². The van der Waals surface area contributed by atoms with Crippen molar-refractivity contribution in [2.45, 2.75) is 12.1 Å². The largest absolute Gasteiger partial charge is 0.497 e. The molecule has 0 aliphatic heterocycles. The highest BCUT2D eigenvalue weighted by atomic mass is 32.2. The second-order valence-corrected chi connectivity index (χ2v) is 8.48. The van der Waals surface area contributed by atoms with E-state index in [-0.39, 0.29) is 11.7 Å². The number of hydrogen-bond donors (Lipinski definition) is 1. The first-order valence-corrected chi connectivity index (χ1v) is 11.8. The first kappa shape index (κ1) is 24.0. The third kappa shape index (κ3) is 5.88. The Morgan fingerprint density at radius 2 is 1.80 bits per heavy atom. The Morgan fingerprint density at radius 3 is 2.51 bits per heavy atom. The van der Waals surface area contributed by atoms with Crippen LogP contribution in [0, 0.1) is 6.92 Å². The van der Waals surface area contributed by atoms with Gasteiger partial charge in [0.25, 0.3) is 5.91 Å². The van der Waals surface area contributed by atoms with Crippen LogP contribution in [0.25, 0.3) is 17.1 Å². The number of nitrogens with one attached hydrogen (secondary N) is 1. The summed E-state index contributed by atoms with van der Waals surface area (Å²) >= 11 is 1.29. The van der Waals surface area contributed by atoms with E-state index in [0.29, 0.717) is 28.0 Å². The molecule has 0 bridgehead atoms. The SMILES string of the molecule is COc1ccc(/C=N/NC(=O)CSc2nnc(-c3ccc(C)cc3)n2-c2ccccc2)c(OC)c1. The van der Waals surface area contributed by atoms with E-state index in [1.807, 2.05) is 66.1 Å². The van der Waals surface area contributed by atoms with E-state index < -0.39 is 0 Å². The summed E-state index contributed by atoms with van der Waals surface area (Å²) in [7, 11) is 3.15. The monoisotopic (exact) mass is 487 g/mol. The molecular formula is C26H25N5O3S. The standard InChI is InChI=1S/C26H25N5O3S/c1-18-9-11-19(12-10-18)25-29-30-26(31(25)21-7-5-4-6-8-21)35-17-24(32)28-27-16-20-13-14-22(33-2)15-23(20)34-3/h4-16H,17H2,1-3H3,(H,28,32)/b27-16+. The number of carbonyl (C=O) groups excluding carboxylic acids is 1. The molecule has 0 radical (unpaired) electrons. The fraction of sp³-hybridized carbons (Fsp3) is 0.154. The second-order valence-electron chi connectivity index (χ2n) is 7.53. The van der Waals surface area contributed by atoms with Crippen LogP contribution in [-0.4, -0.2) is 46.9 Å². The molecule has 35 heavy (non-hydrogen) atoms. The Bertz CT molecular complexity index is 1320. The average Bonchev–Trinajstić information content (AvgIpc) is 3.32. The van der Waals surface area contributed by atoms with Gasteiger partial charge in [-0.25, -0.2) is 5.43 Å². The molecule has 178 valence electrons. The van der Waals surface area contributed by atoms with Crippen molar-refractivity contribution in [1.82, 2.24) is 20.2 Å². The number of aromatic nitrogens is 3. The van der Waals surface area contributed by atoms with Crippen LogP contribution < -0.4 is 14.9 Å². The summed E-state index contributed by atoms with van der Waals surface area (Å²) in [5.74, 6) is 1.83. The van der Waals surface area contributed by atoms with Gasteiger partial charge in [0.05, 0.1) is 26.2 Å². The summed E-state index contributed by atoms with van der Waals surface area (Å²) in [6, 6.07) is 23.3. The van der Waals surface area contributed by atoms with E-state index in [4.69, 9.17) is 9.47 Å². The number of nitrogens with zero attached hydrogens (tertiary/aromatic N) is 4. The molecule has 1 N–H and O–H groups in total. The molecule has 0 fully saturated rings. The highest BCUT2D eigenvalue weighted by molar-refractivity contribution is 7.99. The molecule has 0 saturated heterocycles. The lowest BCUT2D eigenvalue weighted by molar-refractivity contribution is -0.118. The first-order valence-electron chi connectivity index (χ1n) is 10.8. The molecule has 1 amide bonds. The van der Waals surface area contributed by atoms with Gasteiger partial charge in [-0.15, -0.1) is 10.2 Å². The fourth-order valence-corrected chi connectivity index (χ4v) is 4.07. The molecule has 1 aromatic heterocycles. The lowest BCUT2D eigenvalue weighted by Crippen LogP contribution is -2.20. The predicted molar refractivity (Wildman–Crippen MR) is 138 cm³/mol. The van der Waals surface area contributed by atoms with Gasteiger partial charge in [-0.2, -0.15) is 5.10 Å². The van der Waals surface area contributed by atoms with Crippen LogP contribution in [0.4, 0.5) is 0 Å². The van der Waals surface area contributed by atoms with Crippen molar-refractivity contribution in [3.05, 3.63) is 83.9 Å². The van der Waals surface area contributed by atoms with Crippen LogP contribution in [0.5, 0.6) is 11.5 Å². The average molecular weight is 488 g/mol. The predicted octanol–water partition coefficient (Wildman–Crippen LogP) is 4.50. The Balaban J connectivity index is 1.47. The zero-order chi connectivity index (χ0) is 24.6. The number of hydrazone groups is 1. The maximum Gasteiger partial charge on any atom is 0.250 e. The lowest BCUT2D eigenvalue weighted by Gasteiger charge is -2.10. The van der Waals surface area contributed by atoms with Crippen LogP contribution in [-0.2, 0) is 4.79 Å². The molecule has 0 aliphatic carbocycles. The van der Waals surface area contributed by atoms with Crippen molar-refractivity contribution in [3.8, 4) is 28.6 Å². The van der Waals surface area contributed by atoms with Crippen molar-refractivity contribution in [2.75, 3.05) is 20.0 Å². The smallest absolute Gasteiger partial charge is 0.250 e. The van der Waals surface area contributed by atoms with E-state index in [0.717, 1.165) is 11.3 Å². The third-order valence-electron chi connectivity index (χ3n) is 5.12. The Labute approximate surface area is 208 Å². The summed E-state index contributed by atoms with van der Waals surface area (Å²) in [6.45, 7) is 2.04. The number of ether oxygens (including phenoxy) is 2. The molecular weight excluding hydrogens is 462 g/mol. The van der Waals surface area contributed by atoms with E-state index >= 15 is 0 Å².